The van der Waals surface area contributed by atoms with Gasteiger partial charge in [0.2, 0.25) is 0 Å². The fourth-order valence-corrected chi connectivity index (χ4v) is 3.26. The molecule has 3 rings (SSSR count). The molecule has 7 heteroatoms. The smallest absolute Gasteiger partial charge is 0.352 e. The molecule has 0 aliphatic carbocycles. The third-order valence-electron chi connectivity index (χ3n) is 4.27. The molecular formula is C16H18N2O5. The van der Waals surface area contributed by atoms with Crippen molar-refractivity contribution in [3.05, 3.63) is 35.5 Å². The Morgan fingerprint density at radius 3 is 2.43 bits per heavy atom. The van der Waals surface area contributed by atoms with E-state index in [1.54, 1.807) is 34.7 Å². The fourth-order valence-electron chi connectivity index (χ4n) is 3.26. The van der Waals surface area contributed by atoms with Gasteiger partial charge in [-0.25, -0.2) is 4.79 Å². The van der Waals surface area contributed by atoms with Gasteiger partial charge in [0, 0.05) is 36.6 Å². The summed E-state index contributed by atoms with van der Waals surface area (Å²) in [6, 6.07) is 6.16. The molecular weight excluding hydrogens is 300 g/mol. The van der Waals surface area contributed by atoms with Crippen molar-refractivity contribution in [1.82, 2.24) is 9.47 Å². The molecule has 2 aromatic rings. The van der Waals surface area contributed by atoms with Crippen LogP contribution in [-0.4, -0.2) is 57.9 Å². The SMILES string of the molecule is Cn1c(C(=O)O)c(C(C(=O)O)N2CCOCC2)c2ccccc21. The van der Waals surface area contributed by atoms with E-state index in [4.69, 9.17) is 4.74 Å². The molecule has 1 aliphatic rings. The Morgan fingerprint density at radius 1 is 1.17 bits per heavy atom. The van der Waals surface area contributed by atoms with E-state index in [0.717, 1.165) is 0 Å². The minimum Gasteiger partial charge on any atom is -0.480 e. The summed E-state index contributed by atoms with van der Waals surface area (Å²) < 4.78 is 6.82. The van der Waals surface area contributed by atoms with Crippen molar-refractivity contribution in [2.75, 3.05) is 26.3 Å². The van der Waals surface area contributed by atoms with Crippen molar-refractivity contribution in [1.29, 1.82) is 0 Å². The first kappa shape index (κ1) is 15.5. The summed E-state index contributed by atoms with van der Waals surface area (Å²) in [5.41, 5.74) is 1.06. The van der Waals surface area contributed by atoms with E-state index in [2.05, 4.69) is 0 Å². The zero-order valence-corrected chi connectivity index (χ0v) is 12.7. The van der Waals surface area contributed by atoms with E-state index in [-0.39, 0.29) is 5.69 Å². The molecule has 0 saturated carbocycles. The van der Waals surface area contributed by atoms with E-state index in [0.29, 0.717) is 42.8 Å². The number of carbonyl (C=O) groups is 2. The number of aryl methyl sites for hydroxylation is 1. The Labute approximate surface area is 132 Å². The molecule has 0 bridgehead atoms. The van der Waals surface area contributed by atoms with Gasteiger partial charge in [-0.3, -0.25) is 9.69 Å². The number of aliphatic carboxylic acids is 1. The van der Waals surface area contributed by atoms with Crippen LogP contribution in [0.1, 0.15) is 22.1 Å². The lowest BCUT2D eigenvalue weighted by Crippen LogP contribution is -2.42. The minimum atomic E-state index is -1.13. The van der Waals surface area contributed by atoms with Gasteiger partial charge in [0.05, 0.1) is 13.2 Å². The zero-order valence-electron chi connectivity index (χ0n) is 12.7. The average molecular weight is 318 g/mol. The van der Waals surface area contributed by atoms with E-state index in [1.807, 2.05) is 6.07 Å². The van der Waals surface area contributed by atoms with Crippen LogP contribution in [0, 0.1) is 0 Å². The number of aromatic nitrogens is 1. The first-order valence-corrected chi connectivity index (χ1v) is 7.37. The standard InChI is InChI=1S/C16H18N2O5/c1-17-11-5-3-2-4-10(11)12(13(17)15(19)20)14(16(21)22)18-6-8-23-9-7-18/h2-5,14H,6-9H2,1H3,(H,19,20)(H,21,22). The average Bonchev–Trinajstić information content (AvgIpc) is 2.82. The molecule has 23 heavy (non-hydrogen) atoms. The number of hydrogen-bond acceptors (Lipinski definition) is 4. The molecule has 122 valence electrons. The largest absolute Gasteiger partial charge is 0.480 e. The quantitative estimate of drug-likeness (QED) is 0.884. The molecule has 1 atom stereocenters. The highest BCUT2D eigenvalue weighted by molar-refractivity contribution is 6.01. The second-order valence-corrected chi connectivity index (χ2v) is 5.53. The second-order valence-electron chi connectivity index (χ2n) is 5.53. The monoisotopic (exact) mass is 318 g/mol. The van der Waals surface area contributed by atoms with E-state index >= 15 is 0 Å². The Balaban J connectivity index is 2.24. The van der Waals surface area contributed by atoms with Crippen LogP contribution in [0.25, 0.3) is 10.9 Å². The first-order chi connectivity index (χ1) is 11.0. The summed E-state index contributed by atoms with van der Waals surface area (Å²) in [5, 5.41) is 20.0. The van der Waals surface area contributed by atoms with Crippen LogP contribution >= 0.6 is 0 Å². The van der Waals surface area contributed by atoms with E-state index < -0.39 is 18.0 Å². The number of morpholine rings is 1. The molecule has 0 radical (unpaired) electrons. The van der Waals surface area contributed by atoms with Gasteiger partial charge in [-0.1, -0.05) is 18.2 Å². The summed E-state index contributed by atoms with van der Waals surface area (Å²) in [6.45, 7) is 1.80. The zero-order chi connectivity index (χ0) is 16.6. The number of fused-ring (bicyclic) bond motifs is 1. The first-order valence-electron chi connectivity index (χ1n) is 7.37. The summed E-state index contributed by atoms with van der Waals surface area (Å²) >= 11 is 0. The lowest BCUT2D eigenvalue weighted by atomic mass is 10.0. The number of hydrogen-bond donors (Lipinski definition) is 2. The highest BCUT2D eigenvalue weighted by Crippen LogP contribution is 2.34. The van der Waals surface area contributed by atoms with Crippen molar-refractivity contribution in [2.24, 2.45) is 7.05 Å². The predicted octanol–water partition coefficient (Wildman–Crippen LogP) is 1.33. The van der Waals surface area contributed by atoms with Gasteiger partial charge in [-0.15, -0.1) is 0 Å². The number of para-hydroxylation sites is 1. The van der Waals surface area contributed by atoms with Crippen LogP contribution in [-0.2, 0) is 16.6 Å². The summed E-state index contributed by atoms with van der Waals surface area (Å²) in [6.07, 6.45) is 0. The highest BCUT2D eigenvalue weighted by atomic mass is 16.5. The van der Waals surface area contributed by atoms with Gasteiger partial charge in [-0.2, -0.15) is 0 Å². The normalized spacial score (nSPS) is 17.3. The van der Waals surface area contributed by atoms with Crippen molar-refractivity contribution in [3.8, 4) is 0 Å². The van der Waals surface area contributed by atoms with Crippen molar-refractivity contribution >= 4 is 22.8 Å². The molecule has 7 nitrogen and oxygen atoms in total. The molecule has 0 spiro atoms. The maximum Gasteiger partial charge on any atom is 0.352 e. The second kappa shape index (κ2) is 6.02. The molecule has 0 amide bonds. The van der Waals surface area contributed by atoms with Gasteiger partial charge < -0.3 is 19.5 Å². The molecule has 2 heterocycles. The Hall–Kier alpha value is -2.38. The summed E-state index contributed by atoms with van der Waals surface area (Å²) in [7, 11) is 1.65. The number of rotatable bonds is 4. The van der Waals surface area contributed by atoms with Gasteiger partial charge in [0.25, 0.3) is 0 Å². The van der Waals surface area contributed by atoms with E-state index in [9.17, 15) is 19.8 Å². The van der Waals surface area contributed by atoms with Crippen molar-refractivity contribution in [3.63, 3.8) is 0 Å². The minimum absolute atomic E-state index is 0.0186. The van der Waals surface area contributed by atoms with E-state index in [1.165, 1.54) is 0 Å². The number of benzene rings is 1. The van der Waals surface area contributed by atoms with Crippen LogP contribution in [0.2, 0.25) is 0 Å². The topological polar surface area (TPSA) is 92.0 Å². The Morgan fingerprint density at radius 2 is 1.83 bits per heavy atom. The lowest BCUT2D eigenvalue weighted by molar-refractivity contribution is -0.145. The maximum atomic E-state index is 11.9. The molecule has 1 fully saturated rings. The highest BCUT2D eigenvalue weighted by Gasteiger charge is 2.35. The maximum absolute atomic E-state index is 11.9. The van der Waals surface area contributed by atoms with Crippen molar-refractivity contribution < 1.29 is 24.5 Å². The molecule has 1 aliphatic heterocycles. The van der Waals surface area contributed by atoms with Crippen molar-refractivity contribution in [2.45, 2.75) is 6.04 Å². The molecule has 1 aromatic heterocycles. The number of carboxylic acids is 2. The number of carboxylic acid groups (broad SMARTS) is 2. The number of aromatic carboxylic acids is 1. The Kier molecular flexibility index (Phi) is 4.06. The number of nitrogens with zero attached hydrogens (tertiary/aromatic N) is 2. The summed E-state index contributed by atoms with van der Waals surface area (Å²) in [5.74, 6) is -2.18. The van der Waals surface area contributed by atoms with Crippen LogP contribution in [0.4, 0.5) is 0 Å². The van der Waals surface area contributed by atoms with Crippen LogP contribution < -0.4 is 0 Å². The molecule has 1 aromatic carbocycles. The molecule has 2 N–H and O–H groups in total. The third-order valence-corrected chi connectivity index (χ3v) is 4.27. The number of ether oxygens (including phenoxy) is 1. The van der Waals surface area contributed by atoms with Gasteiger partial charge in [-0.05, 0) is 6.07 Å². The Bertz CT molecular complexity index is 761. The van der Waals surface area contributed by atoms with Crippen LogP contribution in [0.5, 0.6) is 0 Å². The van der Waals surface area contributed by atoms with Gasteiger partial charge in [0.15, 0.2) is 0 Å². The fraction of sp³-hybridized carbons (Fsp3) is 0.375. The summed E-state index contributed by atoms with van der Waals surface area (Å²) in [4.78, 5) is 25.5. The van der Waals surface area contributed by atoms with Gasteiger partial charge >= 0.3 is 11.9 Å². The van der Waals surface area contributed by atoms with Crippen LogP contribution in [0.3, 0.4) is 0 Å². The lowest BCUT2D eigenvalue weighted by Gasteiger charge is -2.32. The van der Waals surface area contributed by atoms with Crippen LogP contribution in [0.15, 0.2) is 24.3 Å². The molecule has 1 saturated heterocycles. The predicted molar refractivity (Wildman–Crippen MR) is 82.6 cm³/mol. The van der Waals surface area contributed by atoms with Gasteiger partial charge in [0.1, 0.15) is 11.7 Å². The molecule has 1 unspecified atom stereocenters. The third kappa shape index (κ3) is 2.58.